The first-order chi connectivity index (χ1) is 10.8. The molecule has 1 aromatic carbocycles. The molecule has 2 aromatic rings. The van der Waals surface area contributed by atoms with Crippen LogP contribution in [0.25, 0.3) is 0 Å². The molecule has 1 heterocycles. The van der Waals surface area contributed by atoms with E-state index < -0.39 is 16.1 Å². The number of nitrogens with two attached hydrogens (primary N) is 1. The molecule has 8 heteroatoms. The Hall–Kier alpha value is -2.16. The third-order valence-electron chi connectivity index (χ3n) is 3.48. The van der Waals surface area contributed by atoms with Gasteiger partial charge in [-0.2, -0.15) is 0 Å². The van der Waals surface area contributed by atoms with E-state index in [0.717, 1.165) is 5.76 Å². The van der Waals surface area contributed by atoms with Crippen molar-refractivity contribution in [1.29, 1.82) is 0 Å². The van der Waals surface area contributed by atoms with Gasteiger partial charge < -0.3 is 9.73 Å². The first-order valence-corrected chi connectivity index (χ1v) is 8.48. The summed E-state index contributed by atoms with van der Waals surface area (Å²) in [5, 5.41) is 7.76. The molecular formula is C15H19N3O4S. The highest BCUT2D eigenvalue weighted by molar-refractivity contribution is 7.89. The molecule has 0 radical (unpaired) electrons. The van der Waals surface area contributed by atoms with Gasteiger partial charge in [0.05, 0.1) is 23.7 Å². The highest BCUT2D eigenvalue weighted by Crippen LogP contribution is 2.14. The van der Waals surface area contributed by atoms with Crippen molar-refractivity contribution >= 4 is 21.6 Å². The Morgan fingerprint density at radius 1 is 1.30 bits per heavy atom. The smallest absolute Gasteiger partial charge is 0.241 e. The van der Waals surface area contributed by atoms with Gasteiger partial charge in [-0.15, -0.1) is 0 Å². The maximum atomic E-state index is 12.2. The number of nitrogens with zero attached hydrogens (tertiary/aromatic N) is 1. The molecule has 0 saturated carbocycles. The van der Waals surface area contributed by atoms with E-state index in [2.05, 4.69) is 5.32 Å². The van der Waals surface area contributed by atoms with Gasteiger partial charge in [-0.25, -0.2) is 13.6 Å². The molecule has 1 aromatic heterocycles. The van der Waals surface area contributed by atoms with Crippen molar-refractivity contribution in [2.75, 3.05) is 12.4 Å². The first-order valence-electron chi connectivity index (χ1n) is 6.94. The van der Waals surface area contributed by atoms with Gasteiger partial charge >= 0.3 is 0 Å². The lowest BCUT2D eigenvalue weighted by atomic mass is 10.2. The summed E-state index contributed by atoms with van der Waals surface area (Å²) in [6.07, 6.45) is 1.58. The lowest BCUT2D eigenvalue weighted by molar-refractivity contribution is -0.120. The number of primary sulfonamides is 1. The normalized spacial score (nSPS) is 13.0. The fourth-order valence-electron chi connectivity index (χ4n) is 1.96. The van der Waals surface area contributed by atoms with Crippen LogP contribution >= 0.6 is 0 Å². The summed E-state index contributed by atoms with van der Waals surface area (Å²) in [5.41, 5.74) is 0.501. The van der Waals surface area contributed by atoms with Crippen LogP contribution < -0.4 is 10.5 Å². The van der Waals surface area contributed by atoms with Gasteiger partial charge in [0.1, 0.15) is 5.76 Å². The van der Waals surface area contributed by atoms with E-state index >= 15 is 0 Å². The molecule has 124 valence electrons. The number of hydrogen-bond donors (Lipinski definition) is 2. The number of hydrogen-bond acceptors (Lipinski definition) is 5. The molecule has 0 saturated heterocycles. The molecule has 23 heavy (non-hydrogen) atoms. The van der Waals surface area contributed by atoms with Crippen molar-refractivity contribution < 1.29 is 17.6 Å². The number of carbonyl (C=O) groups excluding carboxylic acids is 1. The van der Waals surface area contributed by atoms with Crippen molar-refractivity contribution in [2.45, 2.75) is 24.4 Å². The molecule has 0 spiro atoms. The van der Waals surface area contributed by atoms with E-state index in [4.69, 9.17) is 9.56 Å². The number of rotatable bonds is 6. The Morgan fingerprint density at radius 2 is 1.96 bits per heavy atom. The van der Waals surface area contributed by atoms with Crippen LogP contribution in [-0.4, -0.2) is 32.3 Å². The van der Waals surface area contributed by atoms with Gasteiger partial charge in [0, 0.05) is 5.69 Å². The van der Waals surface area contributed by atoms with Crippen molar-refractivity contribution in [2.24, 2.45) is 5.14 Å². The highest BCUT2D eigenvalue weighted by Gasteiger charge is 2.19. The van der Waals surface area contributed by atoms with Crippen LogP contribution in [-0.2, 0) is 21.4 Å². The van der Waals surface area contributed by atoms with E-state index in [1.807, 2.05) is 18.0 Å². The maximum absolute atomic E-state index is 12.2. The molecular weight excluding hydrogens is 318 g/mol. The molecule has 1 amide bonds. The third-order valence-corrected chi connectivity index (χ3v) is 4.41. The first kappa shape index (κ1) is 17.2. The molecule has 0 unspecified atom stereocenters. The Labute approximate surface area is 135 Å². The zero-order valence-corrected chi connectivity index (χ0v) is 13.7. The average molecular weight is 337 g/mol. The van der Waals surface area contributed by atoms with Crippen LogP contribution in [0.15, 0.2) is 52.0 Å². The highest BCUT2D eigenvalue weighted by atomic mass is 32.2. The van der Waals surface area contributed by atoms with E-state index in [1.54, 1.807) is 19.3 Å². The molecule has 3 N–H and O–H groups in total. The maximum Gasteiger partial charge on any atom is 0.241 e. The number of sulfonamides is 1. The monoisotopic (exact) mass is 337 g/mol. The van der Waals surface area contributed by atoms with Gasteiger partial charge in [0.25, 0.3) is 0 Å². The number of nitrogens with one attached hydrogen (secondary N) is 1. The van der Waals surface area contributed by atoms with Crippen LogP contribution in [0, 0.1) is 0 Å². The summed E-state index contributed by atoms with van der Waals surface area (Å²) in [7, 11) is -1.92. The number of furan rings is 1. The van der Waals surface area contributed by atoms with E-state index in [0.29, 0.717) is 12.2 Å². The Kier molecular flexibility index (Phi) is 5.19. The Morgan fingerprint density at radius 3 is 2.48 bits per heavy atom. The van der Waals surface area contributed by atoms with Gasteiger partial charge in [-0.1, -0.05) is 0 Å². The Bertz CT molecular complexity index is 755. The SMILES string of the molecule is C[C@@H](C(=O)Nc1ccc(S(N)(=O)=O)cc1)N(C)Cc1ccco1. The molecule has 0 aliphatic rings. The second kappa shape index (κ2) is 6.95. The van der Waals surface area contributed by atoms with Crippen molar-refractivity contribution in [1.82, 2.24) is 4.90 Å². The number of anilines is 1. The molecule has 2 rings (SSSR count). The van der Waals surface area contributed by atoms with Crippen LogP contribution in [0.3, 0.4) is 0 Å². The second-order valence-corrected chi connectivity index (χ2v) is 6.79. The minimum Gasteiger partial charge on any atom is -0.468 e. The van der Waals surface area contributed by atoms with Crippen molar-refractivity contribution in [3.05, 3.63) is 48.4 Å². The van der Waals surface area contributed by atoms with Crippen molar-refractivity contribution in [3.63, 3.8) is 0 Å². The number of likely N-dealkylation sites (N-methyl/N-ethyl adjacent to an activating group) is 1. The molecule has 0 bridgehead atoms. The molecule has 0 fully saturated rings. The molecule has 0 aliphatic heterocycles. The molecule has 7 nitrogen and oxygen atoms in total. The second-order valence-electron chi connectivity index (χ2n) is 5.23. The fourth-order valence-corrected chi connectivity index (χ4v) is 2.48. The fraction of sp³-hybridized carbons (Fsp3) is 0.267. The summed E-state index contributed by atoms with van der Waals surface area (Å²) in [6.45, 7) is 2.28. The zero-order chi connectivity index (χ0) is 17.0. The van der Waals surface area contributed by atoms with E-state index in [-0.39, 0.29) is 10.8 Å². The third kappa shape index (κ3) is 4.65. The summed E-state index contributed by atoms with van der Waals surface area (Å²) in [4.78, 5) is 14.1. The van der Waals surface area contributed by atoms with Crippen molar-refractivity contribution in [3.8, 4) is 0 Å². The summed E-state index contributed by atoms with van der Waals surface area (Å²) in [6, 6.07) is 8.93. The summed E-state index contributed by atoms with van der Waals surface area (Å²) < 4.78 is 27.6. The van der Waals surface area contributed by atoms with E-state index in [9.17, 15) is 13.2 Å². The van der Waals surface area contributed by atoms with Crippen LogP contribution in [0.1, 0.15) is 12.7 Å². The number of carbonyl (C=O) groups is 1. The summed E-state index contributed by atoms with van der Waals surface area (Å²) in [5.74, 6) is 0.562. The van der Waals surface area contributed by atoms with Crippen LogP contribution in [0.4, 0.5) is 5.69 Å². The Balaban J connectivity index is 1.97. The molecule has 1 atom stereocenters. The largest absolute Gasteiger partial charge is 0.468 e. The predicted octanol–water partition coefficient (Wildman–Crippen LogP) is 1.39. The van der Waals surface area contributed by atoms with E-state index in [1.165, 1.54) is 24.3 Å². The summed E-state index contributed by atoms with van der Waals surface area (Å²) >= 11 is 0. The standard InChI is InChI=1S/C15H19N3O4S/c1-11(18(2)10-13-4-3-9-22-13)15(19)17-12-5-7-14(8-6-12)23(16,20)21/h3-9,11H,10H2,1-2H3,(H,17,19)(H2,16,20,21)/t11-/m0/s1. The topological polar surface area (TPSA) is 106 Å². The van der Waals surface area contributed by atoms with Gasteiger partial charge in [0.15, 0.2) is 0 Å². The van der Waals surface area contributed by atoms with Crippen LogP contribution in [0.2, 0.25) is 0 Å². The predicted molar refractivity (Wildman–Crippen MR) is 86.1 cm³/mol. The zero-order valence-electron chi connectivity index (χ0n) is 12.9. The minimum atomic E-state index is -3.74. The van der Waals surface area contributed by atoms with Gasteiger partial charge in [-0.3, -0.25) is 9.69 Å². The number of amides is 1. The lowest BCUT2D eigenvalue weighted by Gasteiger charge is -2.22. The van der Waals surface area contributed by atoms with Crippen LogP contribution in [0.5, 0.6) is 0 Å². The van der Waals surface area contributed by atoms with Gasteiger partial charge in [0.2, 0.25) is 15.9 Å². The minimum absolute atomic E-state index is 0.00140. The van der Waals surface area contributed by atoms with Gasteiger partial charge in [-0.05, 0) is 50.4 Å². The quantitative estimate of drug-likeness (QED) is 0.828. The average Bonchev–Trinajstić information content (AvgIpc) is 2.98. The number of benzene rings is 1. The molecule has 0 aliphatic carbocycles. The lowest BCUT2D eigenvalue weighted by Crippen LogP contribution is -2.39.